The third kappa shape index (κ3) is 2.82. The average Bonchev–Trinajstić information content (AvgIpc) is 3.46. The van der Waals surface area contributed by atoms with E-state index in [4.69, 9.17) is 4.74 Å². The van der Waals surface area contributed by atoms with Crippen LogP contribution in [0.1, 0.15) is 80.3 Å². The average molecular weight is 511 g/mol. The molecule has 1 unspecified atom stereocenters. The van der Waals surface area contributed by atoms with Gasteiger partial charge >= 0.3 is 0 Å². The SMILES string of the molecule is CCCCN1CC[C@@H](Oc2cc(F)c3c(c2)C2C4(C#N)CC2(C4)N2[C@@H]3c3[nH]c4ccccc4c3C[C@@H]2C)C1. The summed E-state index contributed by atoms with van der Waals surface area (Å²) in [5, 5.41) is 11.5. The third-order valence-electron chi connectivity index (χ3n) is 10.5. The maximum Gasteiger partial charge on any atom is 0.132 e. The Morgan fingerprint density at radius 1 is 1.24 bits per heavy atom. The molecule has 6 heteroatoms. The molecule has 4 atom stereocenters. The number of nitrogens with one attached hydrogen (secondary N) is 1. The molecule has 2 aromatic carbocycles. The lowest BCUT2D eigenvalue weighted by Gasteiger charge is -2.80. The van der Waals surface area contributed by atoms with Crippen molar-refractivity contribution in [1.29, 1.82) is 5.26 Å². The molecule has 196 valence electrons. The smallest absolute Gasteiger partial charge is 0.132 e. The van der Waals surface area contributed by atoms with Gasteiger partial charge in [-0.1, -0.05) is 31.5 Å². The number of unbranched alkanes of at least 4 members (excludes halogenated alkanes) is 1. The van der Waals surface area contributed by atoms with E-state index in [-0.39, 0.29) is 40.9 Å². The van der Waals surface area contributed by atoms with E-state index >= 15 is 4.39 Å². The molecule has 3 saturated carbocycles. The minimum atomic E-state index is -0.366. The Morgan fingerprint density at radius 2 is 2.08 bits per heavy atom. The van der Waals surface area contributed by atoms with Gasteiger partial charge in [0.05, 0.1) is 17.5 Å². The maximum absolute atomic E-state index is 16.4. The Morgan fingerprint density at radius 3 is 2.89 bits per heavy atom. The summed E-state index contributed by atoms with van der Waals surface area (Å²) < 4.78 is 22.8. The van der Waals surface area contributed by atoms with E-state index in [1.165, 1.54) is 23.8 Å². The topological polar surface area (TPSA) is 55.3 Å². The van der Waals surface area contributed by atoms with Gasteiger partial charge in [-0.15, -0.1) is 0 Å². The Labute approximate surface area is 223 Å². The standard InChI is InChI=1S/C32H35FN4O/c1-3-4-10-36-11-9-20(15-36)38-21-13-24-27(25(33)14-21)29-28-23(22-7-5-6-8-26(22)35-28)12-19(2)37(29)32-16-31(17-32,18-34)30(24)32/h5-8,13-14,19-20,29-30,35H,3-4,9-12,15-17H2,1-2H3/t19-,20+,29-,30?,31?,32?/m0/s1. The summed E-state index contributed by atoms with van der Waals surface area (Å²) in [7, 11) is 0. The van der Waals surface area contributed by atoms with Crippen molar-refractivity contribution in [2.45, 2.75) is 82.0 Å². The Hall–Kier alpha value is -2.88. The van der Waals surface area contributed by atoms with E-state index in [1.54, 1.807) is 6.07 Å². The highest BCUT2D eigenvalue weighted by molar-refractivity contribution is 5.85. The Balaban J connectivity index is 1.23. The van der Waals surface area contributed by atoms with Crippen LogP contribution in [-0.2, 0) is 6.42 Å². The van der Waals surface area contributed by atoms with Crippen LogP contribution in [0, 0.1) is 22.6 Å². The first kappa shape index (κ1) is 23.0. The molecule has 1 aromatic heterocycles. The first-order valence-electron chi connectivity index (χ1n) is 14.5. The quantitative estimate of drug-likeness (QED) is 0.454. The van der Waals surface area contributed by atoms with Crippen molar-refractivity contribution in [2.24, 2.45) is 5.41 Å². The summed E-state index contributed by atoms with van der Waals surface area (Å²) >= 11 is 0. The van der Waals surface area contributed by atoms with Gasteiger partial charge in [-0.2, -0.15) is 5.26 Å². The van der Waals surface area contributed by atoms with Gasteiger partial charge in [-0.25, -0.2) is 4.39 Å². The summed E-state index contributed by atoms with van der Waals surface area (Å²) in [5.41, 5.74) is 4.92. The molecule has 3 aromatic rings. The first-order chi connectivity index (χ1) is 18.5. The van der Waals surface area contributed by atoms with Crippen molar-refractivity contribution >= 4 is 10.9 Å². The van der Waals surface area contributed by atoms with Gasteiger partial charge in [0.15, 0.2) is 0 Å². The first-order valence-corrected chi connectivity index (χ1v) is 14.5. The summed E-state index contributed by atoms with van der Waals surface area (Å²) in [6, 6.07) is 15.0. The minimum Gasteiger partial charge on any atom is -0.489 e. The number of nitriles is 1. The molecule has 4 fully saturated rings. The van der Waals surface area contributed by atoms with Crippen LogP contribution in [0.25, 0.3) is 10.9 Å². The number of hydrogen-bond donors (Lipinski definition) is 1. The fourth-order valence-corrected chi connectivity index (χ4v) is 9.08. The van der Waals surface area contributed by atoms with Gasteiger partial charge in [0, 0.05) is 58.8 Å². The van der Waals surface area contributed by atoms with Crippen molar-refractivity contribution in [1.82, 2.24) is 14.8 Å². The van der Waals surface area contributed by atoms with Crippen LogP contribution < -0.4 is 4.74 Å². The number of aromatic nitrogens is 1. The van der Waals surface area contributed by atoms with Crippen molar-refractivity contribution in [2.75, 3.05) is 19.6 Å². The maximum atomic E-state index is 16.4. The number of halogens is 1. The van der Waals surface area contributed by atoms with Crippen LogP contribution in [0.15, 0.2) is 36.4 Å². The fraction of sp³-hybridized carbons (Fsp3) is 0.531. The molecule has 0 radical (unpaired) electrons. The number of fused-ring (bicyclic) bond motifs is 7. The largest absolute Gasteiger partial charge is 0.489 e. The molecule has 1 spiro atoms. The number of rotatable bonds is 5. The second-order valence-electron chi connectivity index (χ2n) is 12.7. The molecule has 1 N–H and O–H groups in total. The number of ether oxygens (including phenoxy) is 1. The number of benzene rings is 2. The molecule has 38 heavy (non-hydrogen) atoms. The summed E-state index contributed by atoms with van der Waals surface area (Å²) in [6.07, 6.45) is 6.18. The van der Waals surface area contributed by atoms with Gasteiger partial charge < -0.3 is 9.72 Å². The minimum absolute atomic E-state index is 0.0577. The number of para-hydroxylation sites is 1. The molecule has 9 rings (SSSR count). The highest BCUT2D eigenvalue weighted by atomic mass is 19.1. The molecular formula is C32H35FN4O. The molecule has 0 amide bonds. The lowest BCUT2D eigenvalue weighted by Crippen LogP contribution is -2.83. The zero-order chi connectivity index (χ0) is 25.8. The van der Waals surface area contributed by atoms with Gasteiger partial charge in [0.2, 0.25) is 0 Å². The van der Waals surface area contributed by atoms with Crippen LogP contribution in [0.4, 0.5) is 4.39 Å². The van der Waals surface area contributed by atoms with E-state index in [9.17, 15) is 5.26 Å². The summed E-state index contributed by atoms with van der Waals surface area (Å²) in [5.74, 6) is 0.496. The third-order valence-corrected chi connectivity index (χ3v) is 10.5. The number of nitrogens with zero attached hydrogens (tertiary/aromatic N) is 3. The van der Waals surface area contributed by atoms with Gasteiger partial charge in [0.1, 0.15) is 17.7 Å². The zero-order valence-electron chi connectivity index (χ0n) is 22.3. The van der Waals surface area contributed by atoms with E-state index in [2.05, 4.69) is 65.0 Å². The van der Waals surface area contributed by atoms with Crippen molar-refractivity contribution in [3.05, 3.63) is 64.6 Å². The highest BCUT2D eigenvalue weighted by Crippen LogP contribution is 2.81. The molecule has 3 aliphatic carbocycles. The molecular weight excluding hydrogens is 475 g/mol. The lowest BCUT2D eigenvalue weighted by atomic mass is 9.30. The number of likely N-dealkylation sites (tertiary alicyclic amines) is 1. The zero-order valence-corrected chi connectivity index (χ0v) is 22.3. The van der Waals surface area contributed by atoms with Crippen LogP contribution in [0.3, 0.4) is 0 Å². The van der Waals surface area contributed by atoms with Gasteiger partial charge in [-0.05, 0) is 68.8 Å². The van der Waals surface area contributed by atoms with Crippen LogP contribution in [0.5, 0.6) is 5.75 Å². The lowest BCUT2D eigenvalue weighted by molar-refractivity contribution is -0.246. The number of hydrogen-bond acceptors (Lipinski definition) is 4. The molecule has 4 heterocycles. The predicted molar refractivity (Wildman–Crippen MR) is 145 cm³/mol. The Kier molecular flexibility index (Phi) is 4.75. The van der Waals surface area contributed by atoms with E-state index in [1.807, 2.05) is 0 Å². The van der Waals surface area contributed by atoms with E-state index in [0.29, 0.717) is 5.75 Å². The van der Waals surface area contributed by atoms with Crippen molar-refractivity contribution in [3.8, 4) is 11.8 Å². The second-order valence-corrected chi connectivity index (χ2v) is 12.7. The van der Waals surface area contributed by atoms with E-state index in [0.717, 1.165) is 67.7 Å². The Bertz CT molecular complexity index is 1500. The number of H-pyrrole nitrogens is 1. The normalized spacial score (nSPS) is 34.9. The van der Waals surface area contributed by atoms with Gasteiger partial charge in [0.25, 0.3) is 0 Å². The van der Waals surface area contributed by atoms with E-state index < -0.39 is 0 Å². The fourth-order valence-electron chi connectivity index (χ4n) is 9.08. The highest BCUT2D eigenvalue weighted by Gasteiger charge is 2.81. The molecule has 1 saturated heterocycles. The molecule has 6 aliphatic rings. The summed E-state index contributed by atoms with van der Waals surface area (Å²) in [6.45, 7) is 7.56. The predicted octanol–water partition coefficient (Wildman–Crippen LogP) is 6.05. The number of aromatic amines is 1. The molecule has 3 aliphatic heterocycles. The van der Waals surface area contributed by atoms with Crippen LogP contribution >= 0.6 is 0 Å². The molecule has 2 bridgehead atoms. The van der Waals surface area contributed by atoms with Crippen LogP contribution in [0.2, 0.25) is 0 Å². The second kappa shape index (κ2) is 7.83. The molecule has 5 nitrogen and oxygen atoms in total. The monoisotopic (exact) mass is 510 g/mol. The van der Waals surface area contributed by atoms with Gasteiger partial charge in [-0.3, -0.25) is 9.80 Å². The summed E-state index contributed by atoms with van der Waals surface area (Å²) in [4.78, 5) is 8.75. The van der Waals surface area contributed by atoms with Crippen LogP contribution in [-0.4, -0.2) is 52.1 Å². The van der Waals surface area contributed by atoms with Crippen molar-refractivity contribution in [3.63, 3.8) is 0 Å². The van der Waals surface area contributed by atoms with Crippen molar-refractivity contribution < 1.29 is 9.13 Å².